The van der Waals surface area contributed by atoms with Gasteiger partial charge in [0.2, 0.25) is 0 Å². The molecule has 3 aromatic rings. The van der Waals surface area contributed by atoms with Crippen molar-refractivity contribution in [1.82, 2.24) is 9.97 Å². The van der Waals surface area contributed by atoms with Crippen LogP contribution in [0, 0.1) is 0 Å². The fraction of sp³-hybridized carbons (Fsp3) is 0.200. The zero-order chi connectivity index (χ0) is 17.2. The van der Waals surface area contributed by atoms with Crippen molar-refractivity contribution in [1.29, 1.82) is 0 Å². The first kappa shape index (κ1) is 15.4. The minimum Gasteiger partial charge on any atom is -0.458 e. The van der Waals surface area contributed by atoms with Crippen LogP contribution < -0.4 is 5.32 Å². The molecular formula is C20H19N3O2. The number of carbonyl (C=O) groups is 1. The van der Waals surface area contributed by atoms with Gasteiger partial charge in [-0.25, -0.2) is 9.78 Å². The second kappa shape index (κ2) is 6.43. The van der Waals surface area contributed by atoms with Crippen molar-refractivity contribution in [3.63, 3.8) is 0 Å². The lowest BCUT2D eigenvalue weighted by molar-refractivity contribution is 0.0550. The second-order valence-electron chi connectivity index (χ2n) is 6.23. The number of carbonyl (C=O) groups excluding carboxylic acids is 1. The number of ether oxygens (including phenoxy) is 1. The van der Waals surface area contributed by atoms with Crippen molar-refractivity contribution in [3.05, 3.63) is 66.5 Å². The van der Waals surface area contributed by atoms with E-state index in [2.05, 4.69) is 21.9 Å². The summed E-state index contributed by atoms with van der Waals surface area (Å²) in [6.07, 6.45) is 7.61. The van der Waals surface area contributed by atoms with Gasteiger partial charge in [-0.15, -0.1) is 0 Å². The molecule has 4 rings (SSSR count). The van der Waals surface area contributed by atoms with E-state index >= 15 is 0 Å². The Morgan fingerprint density at radius 1 is 1.36 bits per heavy atom. The number of pyridine rings is 1. The lowest BCUT2D eigenvalue weighted by Gasteiger charge is -2.12. The number of aromatic nitrogens is 2. The van der Waals surface area contributed by atoms with Crippen LogP contribution in [0.5, 0.6) is 0 Å². The van der Waals surface area contributed by atoms with Crippen LogP contribution in [0.1, 0.15) is 34.7 Å². The molecule has 0 aliphatic heterocycles. The first-order chi connectivity index (χ1) is 12.2. The van der Waals surface area contributed by atoms with E-state index in [4.69, 9.17) is 4.74 Å². The van der Waals surface area contributed by atoms with Gasteiger partial charge in [-0.1, -0.05) is 12.7 Å². The first-order valence-corrected chi connectivity index (χ1v) is 8.37. The predicted octanol–water partition coefficient (Wildman–Crippen LogP) is 4.53. The summed E-state index contributed by atoms with van der Waals surface area (Å²) in [4.78, 5) is 20.1. The summed E-state index contributed by atoms with van der Waals surface area (Å²) in [6.45, 7) is 3.77. The van der Waals surface area contributed by atoms with E-state index in [1.807, 2.05) is 42.7 Å². The zero-order valence-corrected chi connectivity index (χ0v) is 13.8. The Labute approximate surface area is 145 Å². The lowest BCUT2D eigenvalue weighted by Crippen LogP contribution is -2.10. The molecule has 126 valence electrons. The number of nitrogens with one attached hydrogen (secondary N) is 2. The second-order valence-corrected chi connectivity index (χ2v) is 6.23. The normalized spacial score (nSPS) is 13.6. The molecule has 5 heteroatoms. The molecule has 0 saturated heterocycles. The summed E-state index contributed by atoms with van der Waals surface area (Å²) in [7, 11) is 0. The minimum atomic E-state index is -0.389. The molecule has 1 aromatic carbocycles. The van der Waals surface area contributed by atoms with Crippen LogP contribution in [-0.2, 0) is 4.74 Å². The van der Waals surface area contributed by atoms with Crippen molar-refractivity contribution < 1.29 is 9.53 Å². The highest BCUT2D eigenvalue weighted by Gasteiger charge is 2.26. The average molecular weight is 333 g/mol. The molecule has 1 fully saturated rings. The van der Waals surface area contributed by atoms with Gasteiger partial charge in [-0.2, -0.15) is 0 Å². The molecule has 1 aliphatic rings. The highest BCUT2D eigenvalue weighted by molar-refractivity contribution is 5.96. The van der Waals surface area contributed by atoms with Gasteiger partial charge < -0.3 is 15.0 Å². The van der Waals surface area contributed by atoms with Crippen molar-refractivity contribution in [2.75, 3.05) is 11.9 Å². The van der Waals surface area contributed by atoms with Crippen LogP contribution in [0.15, 0.2) is 55.4 Å². The summed E-state index contributed by atoms with van der Waals surface area (Å²) in [5.41, 5.74) is 3.49. The SMILES string of the molecule is C=CCOC(=O)c1cc(C2CC2)cnc1Nc1ccc2[nH]ccc2c1. The maximum Gasteiger partial charge on any atom is 0.342 e. The number of hydrogen-bond acceptors (Lipinski definition) is 4. The maximum atomic E-state index is 12.4. The van der Waals surface area contributed by atoms with Crippen molar-refractivity contribution >= 4 is 28.4 Å². The van der Waals surface area contributed by atoms with Gasteiger partial charge in [0, 0.05) is 29.0 Å². The summed E-state index contributed by atoms with van der Waals surface area (Å²) in [5, 5.41) is 4.34. The molecular weight excluding hydrogens is 314 g/mol. The molecule has 2 aromatic heterocycles. The first-order valence-electron chi connectivity index (χ1n) is 8.37. The molecule has 25 heavy (non-hydrogen) atoms. The van der Waals surface area contributed by atoms with Crippen LogP contribution in [0.25, 0.3) is 10.9 Å². The molecule has 0 radical (unpaired) electrons. The van der Waals surface area contributed by atoms with Crippen LogP contribution >= 0.6 is 0 Å². The third-order valence-corrected chi connectivity index (χ3v) is 4.33. The number of esters is 1. The number of aromatic amines is 1. The van der Waals surface area contributed by atoms with Crippen LogP contribution in [0.2, 0.25) is 0 Å². The van der Waals surface area contributed by atoms with E-state index in [9.17, 15) is 4.79 Å². The Morgan fingerprint density at radius 2 is 2.24 bits per heavy atom. The van der Waals surface area contributed by atoms with E-state index in [-0.39, 0.29) is 12.6 Å². The topological polar surface area (TPSA) is 67.0 Å². The molecule has 5 nitrogen and oxygen atoms in total. The monoisotopic (exact) mass is 333 g/mol. The average Bonchev–Trinajstić information content (AvgIpc) is 3.38. The quantitative estimate of drug-likeness (QED) is 0.514. The molecule has 1 saturated carbocycles. The molecule has 0 atom stereocenters. The standard InChI is InChI=1S/C20H19N3O2/c1-2-9-25-20(24)17-11-15(13-3-4-13)12-22-19(17)23-16-5-6-18-14(10-16)7-8-21-18/h2,5-8,10-13,21H,1,3-4,9H2,(H,22,23). The number of anilines is 2. The number of hydrogen-bond donors (Lipinski definition) is 2. The molecule has 2 N–H and O–H groups in total. The largest absolute Gasteiger partial charge is 0.458 e. The molecule has 0 unspecified atom stereocenters. The Kier molecular flexibility index (Phi) is 3.98. The Bertz CT molecular complexity index is 941. The summed E-state index contributed by atoms with van der Waals surface area (Å²) < 4.78 is 5.23. The van der Waals surface area contributed by atoms with E-state index < -0.39 is 0 Å². The van der Waals surface area contributed by atoms with Gasteiger partial charge in [-0.05, 0) is 54.7 Å². The number of H-pyrrole nitrogens is 1. The molecule has 2 heterocycles. The maximum absolute atomic E-state index is 12.4. The number of benzene rings is 1. The van der Waals surface area contributed by atoms with E-state index in [1.54, 1.807) is 6.08 Å². The summed E-state index contributed by atoms with van der Waals surface area (Å²) in [5.74, 6) is 0.636. The Balaban J connectivity index is 1.66. The predicted molar refractivity (Wildman–Crippen MR) is 98.3 cm³/mol. The van der Waals surface area contributed by atoms with Crippen LogP contribution in [0.4, 0.5) is 11.5 Å². The van der Waals surface area contributed by atoms with Gasteiger partial charge in [0.05, 0.1) is 0 Å². The van der Waals surface area contributed by atoms with Gasteiger partial charge in [0.15, 0.2) is 0 Å². The highest BCUT2D eigenvalue weighted by atomic mass is 16.5. The molecule has 0 spiro atoms. The number of rotatable bonds is 6. The zero-order valence-electron chi connectivity index (χ0n) is 13.8. The minimum absolute atomic E-state index is 0.182. The fourth-order valence-electron chi connectivity index (χ4n) is 2.86. The third kappa shape index (κ3) is 3.26. The van der Waals surface area contributed by atoms with E-state index in [1.165, 1.54) is 0 Å². The van der Waals surface area contributed by atoms with Crippen molar-refractivity contribution in [2.24, 2.45) is 0 Å². The highest BCUT2D eigenvalue weighted by Crippen LogP contribution is 2.40. The molecule has 0 amide bonds. The Morgan fingerprint density at radius 3 is 3.04 bits per heavy atom. The molecule has 1 aliphatic carbocycles. The van der Waals surface area contributed by atoms with Gasteiger partial charge in [0.25, 0.3) is 0 Å². The lowest BCUT2D eigenvalue weighted by atomic mass is 10.1. The van der Waals surface area contributed by atoms with Crippen molar-refractivity contribution in [3.8, 4) is 0 Å². The summed E-state index contributed by atoms with van der Waals surface area (Å²) >= 11 is 0. The van der Waals surface area contributed by atoms with Crippen molar-refractivity contribution in [2.45, 2.75) is 18.8 Å². The smallest absolute Gasteiger partial charge is 0.342 e. The van der Waals surface area contributed by atoms with Gasteiger partial charge >= 0.3 is 5.97 Å². The van der Waals surface area contributed by atoms with Gasteiger partial charge in [-0.3, -0.25) is 0 Å². The number of nitrogens with zero attached hydrogens (tertiary/aromatic N) is 1. The Hall–Kier alpha value is -3.08. The van der Waals surface area contributed by atoms with E-state index in [0.29, 0.717) is 17.3 Å². The summed E-state index contributed by atoms with van der Waals surface area (Å²) in [6, 6.07) is 9.86. The van der Waals surface area contributed by atoms with Crippen LogP contribution in [-0.4, -0.2) is 22.5 Å². The van der Waals surface area contributed by atoms with Gasteiger partial charge in [0.1, 0.15) is 18.0 Å². The molecule has 0 bridgehead atoms. The van der Waals surface area contributed by atoms with E-state index in [0.717, 1.165) is 35.0 Å². The third-order valence-electron chi connectivity index (χ3n) is 4.33. The fourth-order valence-corrected chi connectivity index (χ4v) is 2.86. The number of fused-ring (bicyclic) bond motifs is 1. The van der Waals surface area contributed by atoms with Crippen LogP contribution in [0.3, 0.4) is 0 Å².